The van der Waals surface area contributed by atoms with E-state index in [4.69, 9.17) is 0 Å². The fourth-order valence-corrected chi connectivity index (χ4v) is 2.12. The normalized spacial score (nSPS) is 14.0. The molecule has 1 heterocycles. The Kier molecular flexibility index (Phi) is 3.71. The summed E-state index contributed by atoms with van der Waals surface area (Å²) in [7, 11) is 0. The average molecular weight is 245 g/mol. The van der Waals surface area contributed by atoms with Crippen molar-refractivity contribution in [2.75, 3.05) is 6.54 Å². The lowest BCUT2D eigenvalue weighted by Gasteiger charge is -2.22. The fraction of sp³-hybridized carbons (Fsp3) is 0.533. The molecule has 1 aromatic carbocycles. The Labute approximate surface area is 109 Å². The van der Waals surface area contributed by atoms with Gasteiger partial charge in [0.2, 0.25) is 0 Å². The first-order valence-electron chi connectivity index (χ1n) is 6.65. The number of para-hydroxylation sites is 1. The van der Waals surface area contributed by atoms with E-state index in [1.165, 1.54) is 10.9 Å². The average Bonchev–Trinajstić information content (AvgIpc) is 2.70. The van der Waals surface area contributed by atoms with Crippen molar-refractivity contribution in [3.05, 3.63) is 30.5 Å². The summed E-state index contributed by atoms with van der Waals surface area (Å²) in [6.07, 6.45) is 3.03. The van der Waals surface area contributed by atoms with Crippen LogP contribution >= 0.6 is 0 Å². The molecule has 18 heavy (non-hydrogen) atoms. The summed E-state index contributed by atoms with van der Waals surface area (Å²) < 4.78 is 2.12. The Bertz CT molecular complexity index is 508. The Morgan fingerprint density at radius 1 is 1.28 bits per heavy atom. The predicted octanol–water partition coefficient (Wildman–Crippen LogP) is 3.38. The van der Waals surface area contributed by atoms with Gasteiger partial charge in [0.1, 0.15) is 0 Å². The Morgan fingerprint density at radius 2 is 2.00 bits per heavy atom. The quantitative estimate of drug-likeness (QED) is 0.895. The lowest BCUT2D eigenvalue weighted by atomic mass is 10.1. The van der Waals surface area contributed by atoms with Gasteiger partial charge in [0.15, 0.2) is 0 Å². The van der Waals surface area contributed by atoms with Crippen molar-refractivity contribution >= 4 is 10.9 Å². The highest BCUT2D eigenvalue weighted by Gasteiger charge is 2.12. The van der Waals surface area contributed by atoms with Gasteiger partial charge in [0.05, 0.1) is 17.8 Å². The van der Waals surface area contributed by atoms with Gasteiger partial charge < -0.3 is 5.32 Å². The van der Waals surface area contributed by atoms with Crippen molar-refractivity contribution in [1.29, 1.82) is 0 Å². The maximum Gasteiger partial charge on any atom is 0.0685 e. The summed E-state index contributed by atoms with van der Waals surface area (Å²) in [5, 5.41) is 9.24. The monoisotopic (exact) mass is 245 g/mol. The van der Waals surface area contributed by atoms with Gasteiger partial charge in [-0.2, -0.15) is 5.10 Å². The van der Waals surface area contributed by atoms with Crippen LogP contribution in [0.3, 0.4) is 0 Å². The van der Waals surface area contributed by atoms with Crippen LogP contribution in [0.25, 0.3) is 10.9 Å². The van der Waals surface area contributed by atoms with Crippen molar-refractivity contribution in [1.82, 2.24) is 15.1 Å². The Hall–Kier alpha value is -1.35. The molecule has 0 amide bonds. The van der Waals surface area contributed by atoms with Crippen LogP contribution in [-0.4, -0.2) is 21.9 Å². The van der Waals surface area contributed by atoms with E-state index in [1.807, 2.05) is 6.20 Å². The molecule has 0 spiro atoms. The molecule has 0 bridgehead atoms. The minimum Gasteiger partial charge on any atom is -0.312 e. The number of fused-ring (bicyclic) bond motifs is 1. The predicted molar refractivity (Wildman–Crippen MR) is 76.8 cm³/mol. The Balaban J connectivity index is 2.03. The van der Waals surface area contributed by atoms with Gasteiger partial charge in [-0.1, -0.05) is 18.2 Å². The minimum absolute atomic E-state index is 0.186. The van der Waals surface area contributed by atoms with Crippen LogP contribution < -0.4 is 5.32 Å². The molecular formula is C15H23N3. The number of nitrogens with one attached hydrogen (secondary N) is 1. The molecule has 0 aliphatic carbocycles. The zero-order chi connectivity index (χ0) is 13.2. The van der Waals surface area contributed by atoms with Crippen LogP contribution in [0.5, 0.6) is 0 Å². The van der Waals surface area contributed by atoms with Crippen molar-refractivity contribution in [3.8, 4) is 0 Å². The second kappa shape index (κ2) is 5.11. The van der Waals surface area contributed by atoms with Crippen LogP contribution in [0, 0.1) is 0 Å². The lowest BCUT2D eigenvalue weighted by molar-refractivity contribution is 0.384. The first kappa shape index (κ1) is 13.1. The maximum absolute atomic E-state index is 4.50. The molecule has 0 aliphatic rings. The zero-order valence-corrected chi connectivity index (χ0v) is 11.8. The van der Waals surface area contributed by atoms with Crippen LogP contribution in [0.1, 0.15) is 40.2 Å². The van der Waals surface area contributed by atoms with Gasteiger partial charge >= 0.3 is 0 Å². The van der Waals surface area contributed by atoms with E-state index < -0.39 is 0 Å². The third-order valence-electron chi connectivity index (χ3n) is 3.14. The molecule has 1 unspecified atom stereocenters. The van der Waals surface area contributed by atoms with Gasteiger partial charge in [-0.15, -0.1) is 0 Å². The van der Waals surface area contributed by atoms with Crippen molar-refractivity contribution in [2.24, 2.45) is 0 Å². The molecule has 98 valence electrons. The first-order chi connectivity index (χ1) is 8.47. The van der Waals surface area contributed by atoms with E-state index in [9.17, 15) is 0 Å². The topological polar surface area (TPSA) is 29.9 Å². The highest BCUT2D eigenvalue weighted by Crippen LogP contribution is 2.19. The molecule has 3 heteroatoms. The summed E-state index contributed by atoms with van der Waals surface area (Å²) in [6.45, 7) is 9.82. The van der Waals surface area contributed by atoms with Crippen molar-refractivity contribution in [2.45, 2.75) is 45.7 Å². The van der Waals surface area contributed by atoms with Crippen LogP contribution in [0.4, 0.5) is 0 Å². The van der Waals surface area contributed by atoms with Crippen molar-refractivity contribution < 1.29 is 0 Å². The second-order valence-electron chi connectivity index (χ2n) is 5.96. The molecular weight excluding hydrogens is 222 g/mol. The molecule has 0 saturated heterocycles. The van der Waals surface area contributed by atoms with Gasteiger partial charge in [0.25, 0.3) is 0 Å². The molecule has 2 aromatic rings. The van der Waals surface area contributed by atoms with Crippen LogP contribution in [0.15, 0.2) is 30.5 Å². The van der Waals surface area contributed by atoms with E-state index in [0.717, 1.165) is 13.0 Å². The van der Waals surface area contributed by atoms with Gasteiger partial charge in [-0.05, 0) is 46.7 Å². The zero-order valence-electron chi connectivity index (χ0n) is 11.8. The maximum atomic E-state index is 4.50. The highest BCUT2D eigenvalue weighted by molar-refractivity contribution is 5.78. The largest absolute Gasteiger partial charge is 0.312 e. The van der Waals surface area contributed by atoms with Crippen LogP contribution in [-0.2, 0) is 0 Å². The van der Waals surface area contributed by atoms with Gasteiger partial charge in [0, 0.05) is 10.9 Å². The molecule has 0 radical (unpaired) electrons. The standard InChI is InChI=1S/C15H23N3/c1-12(9-10-16-15(2,3)4)18-14-8-6-5-7-13(14)11-17-18/h5-8,11-12,16H,9-10H2,1-4H3. The SMILES string of the molecule is CC(CCNC(C)(C)C)n1ncc2ccccc21. The smallest absolute Gasteiger partial charge is 0.0685 e. The molecule has 1 atom stereocenters. The van der Waals surface area contributed by atoms with E-state index in [0.29, 0.717) is 6.04 Å². The van der Waals surface area contributed by atoms with E-state index in [2.05, 4.69) is 67.1 Å². The lowest BCUT2D eigenvalue weighted by Crippen LogP contribution is -2.37. The number of hydrogen-bond donors (Lipinski definition) is 1. The van der Waals surface area contributed by atoms with Gasteiger partial charge in [-0.3, -0.25) is 4.68 Å². The minimum atomic E-state index is 0.186. The summed E-state index contributed by atoms with van der Waals surface area (Å²) >= 11 is 0. The third kappa shape index (κ3) is 3.10. The van der Waals surface area contributed by atoms with E-state index in [1.54, 1.807) is 0 Å². The first-order valence-corrected chi connectivity index (χ1v) is 6.65. The molecule has 0 aliphatic heterocycles. The summed E-state index contributed by atoms with van der Waals surface area (Å²) in [6, 6.07) is 8.79. The van der Waals surface area contributed by atoms with E-state index in [-0.39, 0.29) is 5.54 Å². The number of aromatic nitrogens is 2. The molecule has 1 aromatic heterocycles. The molecule has 3 nitrogen and oxygen atoms in total. The molecule has 2 rings (SSSR count). The third-order valence-corrected chi connectivity index (χ3v) is 3.14. The van der Waals surface area contributed by atoms with E-state index >= 15 is 0 Å². The summed E-state index contributed by atoms with van der Waals surface area (Å²) in [4.78, 5) is 0. The summed E-state index contributed by atoms with van der Waals surface area (Å²) in [5.74, 6) is 0. The molecule has 1 N–H and O–H groups in total. The number of nitrogens with zero attached hydrogens (tertiary/aromatic N) is 2. The number of hydrogen-bond acceptors (Lipinski definition) is 2. The summed E-state index contributed by atoms with van der Waals surface area (Å²) in [5.41, 5.74) is 1.41. The molecule has 0 saturated carbocycles. The number of benzene rings is 1. The fourth-order valence-electron chi connectivity index (χ4n) is 2.12. The van der Waals surface area contributed by atoms with Crippen LogP contribution in [0.2, 0.25) is 0 Å². The number of rotatable bonds is 4. The second-order valence-corrected chi connectivity index (χ2v) is 5.96. The van der Waals surface area contributed by atoms with Crippen molar-refractivity contribution in [3.63, 3.8) is 0 Å². The Morgan fingerprint density at radius 3 is 2.72 bits per heavy atom. The van der Waals surface area contributed by atoms with Gasteiger partial charge in [-0.25, -0.2) is 0 Å². The molecule has 0 fully saturated rings. The highest BCUT2D eigenvalue weighted by atomic mass is 15.3.